The number of carbonyl (C=O) groups is 1. The van der Waals surface area contributed by atoms with Crippen molar-refractivity contribution in [1.82, 2.24) is 25.0 Å². The number of aliphatic hydroxyl groups is 1. The summed E-state index contributed by atoms with van der Waals surface area (Å²) in [6.07, 6.45) is 2.58. The predicted octanol–water partition coefficient (Wildman–Crippen LogP) is 0.647. The molecule has 0 aromatic carbocycles. The van der Waals surface area contributed by atoms with Gasteiger partial charge >= 0.3 is 0 Å². The van der Waals surface area contributed by atoms with Gasteiger partial charge in [0.05, 0.1) is 17.1 Å². The second kappa shape index (κ2) is 6.71. The van der Waals surface area contributed by atoms with Crippen molar-refractivity contribution in [1.29, 1.82) is 0 Å². The lowest BCUT2D eigenvalue weighted by atomic mass is 9.98. The van der Waals surface area contributed by atoms with E-state index in [1.165, 1.54) is 17.2 Å². The molecule has 0 aliphatic carbocycles. The Labute approximate surface area is 166 Å². The van der Waals surface area contributed by atoms with E-state index in [2.05, 4.69) is 20.1 Å². The fourth-order valence-electron chi connectivity index (χ4n) is 3.06. The number of hydrogen-bond acceptors (Lipinski definition) is 9. The Kier molecular flexibility index (Phi) is 4.43. The topological polar surface area (TPSA) is 139 Å². The van der Waals surface area contributed by atoms with Gasteiger partial charge in [-0.25, -0.2) is 23.4 Å². The third kappa shape index (κ3) is 3.38. The SMILES string of the molecule is CN1CCC(O)(c2cc(-c3cccc(-c4ccnc(S(C)(=O)=O)n4)n3)no2)C1=O. The van der Waals surface area contributed by atoms with Crippen molar-refractivity contribution in [2.45, 2.75) is 17.2 Å². The highest BCUT2D eigenvalue weighted by Gasteiger charge is 2.48. The quantitative estimate of drug-likeness (QED) is 0.608. The van der Waals surface area contributed by atoms with Crippen molar-refractivity contribution >= 4 is 15.7 Å². The second-order valence-electron chi connectivity index (χ2n) is 6.82. The number of likely N-dealkylation sites (N-methyl/N-ethyl adjacent to an activating group) is 1. The molecule has 1 aliphatic heterocycles. The van der Waals surface area contributed by atoms with Crippen LogP contribution in [0.25, 0.3) is 22.8 Å². The summed E-state index contributed by atoms with van der Waals surface area (Å²) in [7, 11) is -1.95. The van der Waals surface area contributed by atoms with Gasteiger partial charge in [-0.15, -0.1) is 0 Å². The van der Waals surface area contributed by atoms with Crippen molar-refractivity contribution < 1.29 is 22.8 Å². The lowest BCUT2D eigenvalue weighted by Crippen LogP contribution is -2.35. The van der Waals surface area contributed by atoms with Crippen molar-refractivity contribution in [3.05, 3.63) is 42.3 Å². The van der Waals surface area contributed by atoms with Crippen LogP contribution in [-0.2, 0) is 20.2 Å². The second-order valence-corrected chi connectivity index (χ2v) is 8.73. The number of sulfone groups is 1. The molecule has 4 rings (SSSR count). The molecule has 10 nitrogen and oxygen atoms in total. The van der Waals surface area contributed by atoms with Crippen molar-refractivity contribution in [2.24, 2.45) is 0 Å². The van der Waals surface area contributed by atoms with Gasteiger partial charge in [0, 0.05) is 38.5 Å². The molecule has 150 valence electrons. The van der Waals surface area contributed by atoms with Crippen LogP contribution in [0.15, 0.2) is 46.2 Å². The van der Waals surface area contributed by atoms with Crippen molar-refractivity contribution in [3.63, 3.8) is 0 Å². The Morgan fingerprint density at radius 2 is 1.83 bits per heavy atom. The van der Waals surface area contributed by atoms with E-state index < -0.39 is 21.3 Å². The van der Waals surface area contributed by atoms with Crippen LogP contribution >= 0.6 is 0 Å². The molecule has 11 heteroatoms. The van der Waals surface area contributed by atoms with Crippen LogP contribution in [0, 0.1) is 0 Å². The summed E-state index contributed by atoms with van der Waals surface area (Å²) in [5.41, 5.74) is -0.254. The molecule has 0 radical (unpaired) electrons. The summed E-state index contributed by atoms with van der Waals surface area (Å²) in [5.74, 6) is -0.397. The molecule has 0 spiro atoms. The van der Waals surface area contributed by atoms with Gasteiger partial charge < -0.3 is 14.5 Å². The first-order chi connectivity index (χ1) is 13.7. The average molecular weight is 415 g/mol. The van der Waals surface area contributed by atoms with Crippen LogP contribution in [0.5, 0.6) is 0 Å². The Balaban J connectivity index is 1.69. The molecule has 1 aliphatic rings. The number of carbonyl (C=O) groups excluding carboxylic acids is 1. The number of pyridine rings is 1. The molecule has 1 fully saturated rings. The van der Waals surface area contributed by atoms with Crippen molar-refractivity contribution in [3.8, 4) is 22.8 Å². The summed E-state index contributed by atoms with van der Waals surface area (Å²) in [6.45, 7) is 0.412. The maximum Gasteiger partial charge on any atom is 0.262 e. The molecule has 1 unspecified atom stereocenters. The lowest BCUT2D eigenvalue weighted by Gasteiger charge is -2.16. The third-order valence-electron chi connectivity index (χ3n) is 4.67. The van der Waals surface area contributed by atoms with Crippen LogP contribution in [0.1, 0.15) is 12.2 Å². The standard InChI is InChI=1S/C18H17N5O5S/c1-23-9-7-18(25,16(23)24)15-10-14(22-28-15)12-5-3-4-11(20-12)13-6-8-19-17(21-13)29(2,26)27/h3-6,8,10,25H,7,9H2,1-2H3. The highest BCUT2D eigenvalue weighted by Crippen LogP contribution is 2.34. The van der Waals surface area contributed by atoms with E-state index in [9.17, 15) is 18.3 Å². The highest BCUT2D eigenvalue weighted by atomic mass is 32.2. The zero-order chi connectivity index (χ0) is 20.8. The van der Waals surface area contributed by atoms with Gasteiger partial charge in [0.2, 0.25) is 20.6 Å². The van der Waals surface area contributed by atoms with Crippen molar-refractivity contribution in [2.75, 3.05) is 19.8 Å². The average Bonchev–Trinajstić information content (AvgIpc) is 3.30. The number of amides is 1. The maximum absolute atomic E-state index is 12.2. The van der Waals surface area contributed by atoms with Crippen LogP contribution in [-0.4, -0.2) is 64.3 Å². The predicted molar refractivity (Wildman–Crippen MR) is 100 cm³/mol. The molecule has 1 atom stereocenters. The van der Waals surface area contributed by atoms with Gasteiger partial charge in [0.1, 0.15) is 5.69 Å². The van der Waals surface area contributed by atoms with Gasteiger partial charge in [-0.2, -0.15) is 0 Å². The van der Waals surface area contributed by atoms with Gasteiger partial charge in [0.15, 0.2) is 5.76 Å². The Bertz CT molecular complexity index is 1210. The maximum atomic E-state index is 12.2. The van der Waals surface area contributed by atoms with Crippen LogP contribution in [0.2, 0.25) is 0 Å². The summed E-state index contributed by atoms with van der Waals surface area (Å²) < 4.78 is 28.6. The molecular weight excluding hydrogens is 398 g/mol. The monoisotopic (exact) mass is 415 g/mol. The fourth-order valence-corrected chi connectivity index (χ4v) is 3.57. The van der Waals surface area contributed by atoms with Crippen LogP contribution in [0.3, 0.4) is 0 Å². The van der Waals surface area contributed by atoms with E-state index in [4.69, 9.17) is 4.52 Å². The summed E-state index contributed by atoms with van der Waals surface area (Å²) in [4.78, 5) is 25.9. The summed E-state index contributed by atoms with van der Waals surface area (Å²) in [6, 6.07) is 8.08. The molecule has 3 aromatic heterocycles. The molecule has 1 amide bonds. The molecule has 1 N–H and O–H groups in total. The zero-order valence-electron chi connectivity index (χ0n) is 15.6. The van der Waals surface area contributed by atoms with E-state index in [1.807, 2.05) is 0 Å². The number of rotatable bonds is 4. The first kappa shape index (κ1) is 19.2. The van der Waals surface area contributed by atoms with Gasteiger partial charge in [-0.3, -0.25) is 4.79 Å². The first-order valence-corrected chi connectivity index (χ1v) is 10.5. The molecule has 0 bridgehead atoms. The van der Waals surface area contributed by atoms with Gasteiger partial charge in [0.25, 0.3) is 5.91 Å². The molecule has 1 saturated heterocycles. The number of likely N-dealkylation sites (tertiary alicyclic amines) is 1. The van der Waals surface area contributed by atoms with E-state index >= 15 is 0 Å². The normalized spacial score (nSPS) is 19.7. The number of nitrogens with zero attached hydrogens (tertiary/aromatic N) is 5. The fraction of sp³-hybridized carbons (Fsp3) is 0.278. The lowest BCUT2D eigenvalue weighted by molar-refractivity contribution is -0.144. The van der Waals surface area contributed by atoms with E-state index in [1.54, 1.807) is 31.3 Å². The van der Waals surface area contributed by atoms with E-state index in [0.29, 0.717) is 29.3 Å². The highest BCUT2D eigenvalue weighted by molar-refractivity contribution is 7.90. The first-order valence-electron chi connectivity index (χ1n) is 8.64. The Hall–Kier alpha value is -3.18. The number of hydrogen-bond donors (Lipinski definition) is 1. The van der Waals surface area contributed by atoms with Gasteiger partial charge in [-0.05, 0) is 18.2 Å². The smallest absolute Gasteiger partial charge is 0.262 e. The minimum Gasteiger partial charge on any atom is -0.373 e. The van der Waals surface area contributed by atoms with E-state index in [0.717, 1.165) is 6.26 Å². The third-order valence-corrected chi connectivity index (χ3v) is 5.53. The van der Waals surface area contributed by atoms with Crippen LogP contribution in [0.4, 0.5) is 0 Å². The number of aromatic nitrogens is 4. The Morgan fingerprint density at radius 3 is 2.48 bits per heavy atom. The summed E-state index contributed by atoms with van der Waals surface area (Å²) >= 11 is 0. The minimum absolute atomic E-state index is 0.0513. The minimum atomic E-state index is -3.56. The molecular formula is C18H17N5O5S. The largest absolute Gasteiger partial charge is 0.373 e. The summed E-state index contributed by atoms with van der Waals surface area (Å²) in [5, 5.41) is 14.3. The molecule has 29 heavy (non-hydrogen) atoms. The zero-order valence-corrected chi connectivity index (χ0v) is 16.4. The van der Waals surface area contributed by atoms with Gasteiger partial charge in [-0.1, -0.05) is 11.2 Å². The molecule has 0 saturated carbocycles. The molecule has 4 heterocycles. The molecule has 3 aromatic rings. The Morgan fingerprint density at radius 1 is 1.14 bits per heavy atom. The van der Waals surface area contributed by atoms with Crippen LogP contribution < -0.4 is 0 Å². The van der Waals surface area contributed by atoms with E-state index in [-0.39, 0.29) is 17.3 Å².